The summed E-state index contributed by atoms with van der Waals surface area (Å²) in [6.45, 7) is 0. The van der Waals surface area contributed by atoms with Crippen molar-refractivity contribution >= 4 is 5.69 Å². The van der Waals surface area contributed by atoms with Gasteiger partial charge in [0.05, 0.1) is 12.0 Å². The van der Waals surface area contributed by atoms with Crippen LogP contribution in [-0.4, -0.2) is 17.0 Å². The molecule has 0 saturated carbocycles. The van der Waals surface area contributed by atoms with Crippen molar-refractivity contribution in [3.63, 3.8) is 0 Å². The number of nitro groups is 1. The van der Waals surface area contributed by atoms with E-state index in [0.717, 1.165) is 6.07 Å². The molecule has 7 heteroatoms. The van der Waals surface area contributed by atoms with Gasteiger partial charge >= 0.3 is 5.69 Å². The number of halogens is 1. The van der Waals surface area contributed by atoms with E-state index in [1.54, 1.807) is 0 Å². The third-order valence-corrected chi connectivity index (χ3v) is 2.29. The van der Waals surface area contributed by atoms with Crippen LogP contribution in [0.1, 0.15) is 0 Å². The number of hydrogen-bond donors (Lipinski definition) is 0. The Kier molecular flexibility index (Phi) is 3.56. The zero-order chi connectivity index (χ0) is 13.8. The van der Waals surface area contributed by atoms with Crippen LogP contribution >= 0.6 is 0 Å². The summed E-state index contributed by atoms with van der Waals surface area (Å²) in [7, 11) is 1.43. The summed E-state index contributed by atoms with van der Waals surface area (Å²) in [5, 5.41) is 10.9. The van der Waals surface area contributed by atoms with Gasteiger partial charge < -0.3 is 9.47 Å². The second-order valence-electron chi connectivity index (χ2n) is 3.51. The molecule has 98 valence electrons. The minimum atomic E-state index is -0.733. The zero-order valence-electron chi connectivity index (χ0n) is 9.87. The van der Waals surface area contributed by atoms with Crippen LogP contribution in [0.4, 0.5) is 10.1 Å². The SMILES string of the molecule is COc1ccc([N+](=O)[O-])c(Oc2ccnc(F)c2)c1. The number of nitrogens with zero attached hydrogens (tertiary/aromatic N) is 2. The third-order valence-electron chi connectivity index (χ3n) is 2.29. The number of benzene rings is 1. The Morgan fingerprint density at radius 1 is 1.26 bits per heavy atom. The Balaban J connectivity index is 2.39. The molecule has 0 aliphatic carbocycles. The van der Waals surface area contributed by atoms with Crippen LogP contribution in [0.25, 0.3) is 0 Å². The predicted molar refractivity (Wildman–Crippen MR) is 63.9 cm³/mol. The van der Waals surface area contributed by atoms with E-state index in [1.807, 2.05) is 0 Å². The highest BCUT2D eigenvalue weighted by atomic mass is 19.1. The lowest BCUT2D eigenvalue weighted by Crippen LogP contribution is -1.95. The molecular weight excluding hydrogens is 255 g/mol. The van der Waals surface area contributed by atoms with Crippen molar-refractivity contribution in [2.45, 2.75) is 0 Å². The minimum Gasteiger partial charge on any atom is -0.497 e. The molecule has 0 bridgehead atoms. The van der Waals surface area contributed by atoms with Crippen LogP contribution in [0.3, 0.4) is 0 Å². The van der Waals surface area contributed by atoms with Gasteiger partial charge in [0, 0.05) is 24.4 Å². The van der Waals surface area contributed by atoms with E-state index < -0.39 is 10.9 Å². The molecule has 2 aromatic rings. The predicted octanol–water partition coefficient (Wildman–Crippen LogP) is 2.93. The van der Waals surface area contributed by atoms with Crippen LogP contribution < -0.4 is 9.47 Å². The largest absolute Gasteiger partial charge is 0.497 e. The van der Waals surface area contributed by atoms with Gasteiger partial charge in [-0.1, -0.05) is 0 Å². The molecule has 0 aliphatic heterocycles. The molecule has 1 aromatic heterocycles. The standard InChI is InChI=1S/C12H9FN2O4/c1-18-8-2-3-10(15(16)17)11(6-8)19-9-4-5-14-12(13)7-9/h2-7H,1H3. The Morgan fingerprint density at radius 3 is 2.68 bits per heavy atom. The minimum absolute atomic E-state index is 0.0325. The summed E-state index contributed by atoms with van der Waals surface area (Å²) in [5.41, 5.74) is -0.238. The molecule has 0 radical (unpaired) electrons. The lowest BCUT2D eigenvalue weighted by Gasteiger charge is -2.07. The molecule has 1 heterocycles. The topological polar surface area (TPSA) is 74.5 Å². The number of nitro benzene ring substituents is 1. The van der Waals surface area contributed by atoms with Gasteiger partial charge in [-0.15, -0.1) is 0 Å². The summed E-state index contributed by atoms with van der Waals surface area (Å²) < 4.78 is 23.2. The number of aromatic nitrogens is 1. The van der Waals surface area contributed by atoms with Crippen molar-refractivity contribution in [3.05, 3.63) is 52.6 Å². The van der Waals surface area contributed by atoms with Gasteiger partial charge in [0.1, 0.15) is 11.5 Å². The van der Waals surface area contributed by atoms with E-state index in [1.165, 1.54) is 37.6 Å². The van der Waals surface area contributed by atoms with E-state index >= 15 is 0 Å². The van der Waals surface area contributed by atoms with Crippen molar-refractivity contribution < 1.29 is 18.8 Å². The molecule has 6 nitrogen and oxygen atoms in total. The van der Waals surface area contributed by atoms with E-state index in [9.17, 15) is 14.5 Å². The maximum absolute atomic E-state index is 12.9. The second kappa shape index (κ2) is 5.30. The molecular formula is C12H9FN2O4. The first-order valence-corrected chi connectivity index (χ1v) is 5.22. The average molecular weight is 264 g/mol. The molecule has 0 unspecified atom stereocenters. The molecule has 0 fully saturated rings. The Hall–Kier alpha value is -2.70. The van der Waals surface area contributed by atoms with Gasteiger partial charge in [-0.05, 0) is 12.1 Å². The highest BCUT2D eigenvalue weighted by Crippen LogP contribution is 2.34. The number of ether oxygens (including phenoxy) is 2. The summed E-state index contributed by atoms with van der Waals surface area (Å²) in [4.78, 5) is 13.7. The van der Waals surface area contributed by atoms with Crippen molar-refractivity contribution in [2.75, 3.05) is 7.11 Å². The average Bonchev–Trinajstić information content (AvgIpc) is 2.38. The van der Waals surface area contributed by atoms with E-state index in [2.05, 4.69) is 4.98 Å². The summed E-state index contributed by atoms with van der Waals surface area (Å²) in [5.74, 6) is -0.253. The van der Waals surface area contributed by atoms with Crippen LogP contribution in [-0.2, 0) is 0 Å². The number of methoxy groups -OCH3 is 1. The van der Waals surface area contributed by atoms with Crippen LogP contribution in [0.15, 0.2) is 36.5 Å². The molecule has 19 heavy (non-hydrogen) atoms. The van der Waals surface area contributed by atoms with Crippen molar-refractivity contribution in [3.8, 4) is 17.2 Å². The highest BCUT2D eigenvalue weighted by Gasteiger charge is 2.17. The van der Waals surface area contributed by atoms with Crippen LogP contribution in [0, 0.1) is 16.1 Å². The molecule has 0 N–H and O–H groups in total. The fourth-order valence-corrected chi connectivity index (χ4v) is 1.43. The molecule has 1 aromatic carbocycles. The fourth-order valence-electron chi connectivity index (χ4n) is 1.43. The van der Waals surface area contributed by atoms with Gasteiger partial charge in [0.2, 0.25) is 11.7 Å². The number of hydrogen-bond acceptors (Lipinski definition) is 5. The van der Waals surface area contributed by atoms with E-state index in [-0.39, 0.29) is 17.2 Å². The highest BCUT2D eigenvalue weighted by molar-refractivity contribution is 5.52. The number of rotatable bonds is 4. The van der Waals surface area contributed by atoms with Gasteiger partial charge in [-0.25, -0.2) is 4.98 Å². The van der Waals surface area contributed by atoms with Gasteiger partial charge in [-0.2, -0.15) is 4.39 Å². The van der Waals surface area contributed by atoms with Gasteiger partial charge in [0.15, 0.2) is 0 Å². The first-order chi connectivity index (χ1) is 9.10. The monoisotopic (exact) mass is 264 g/mol. The lowest BCUT2D eigenvalue weighted by atomic mass is 10.3. The maximum Gasteiger partial charge on any atom is 0.311 e. The molecule has 0 spiro atoms. The third kappa shape index (κ3) is 2.95. The van der Waals surface area contributed by atoms with Crippen molar-refractivity contribution in [2.24, 2.45) is 0 Å². The fraction of sp³-hybridized carbons (Fsp3) is 0.0833. The second-order valence-corrected chi connectivity index (χ2v) is 3.51. The lowest BCUT2D eigenvalue weighted by molar-refractivity contribution is -0.385. The molecule has 0 aliphatic rings. The van der Waals surface area contributed by atoms with Crippen LogP contribution in [0.2, 0.25) is 0 Å². The van der Waals surface area contributed by atoms with Crippen LogP contribution in [0.5, 0.6) is 17.2 Å². The zero-order valence-corrected chi connectivity index (χ0v) is 9.87. The van der Waals surface area contributed by atoms with Crippen molar-refractivity contribution in [1.82, 2.24) is 4.98 Å². The molecule has 0 amide bonds. The smallest absolute Gasteiger partial charge is 0.311 e. The molecule has 0 saturated heterocycles. The molecule has 0 atom stereocenters. The summed E-state index contributed by atoms with van der Waals surface area (Å²) >= 11 is 0. The number of pyridine rings is 1. The molecule has 2 rings (SSSR count). The summed E-state index contributed by atoms with van der Waals surface area (Å²) in [6.07, 6.45) is 1.21. The first-order valence-electron chi connectivity index (χ1n) is 5.22. The Bertz CT molecular complexity index is 618. The quantitative estimate of drug-likeness (QED) is 0.482. The van der Waals surface area contributed by atoms with Gasteiger partial charge in [-0.3, -0.25) is 10.1 Å². The maximum atomic E-state index is 12.9. The van der Waals surface area contributed by atoms with Crippen molar-refractivity contribution in [1.29, 1.82) is 0 Å². The Labute approximate surface area is 107 Å². The summed E-state index contributed by atoms with van der Waals surface area (Å²) in [6, 6.07) is 6.48. The van der Waals surface area contributed by atoms with E-state index in [0.29, 0.717) is 5.75 Å². The van der Waals surface area contributed by atoms with E-state index in [4.69, 9.17) is 9.47 Å². The first kappa shape index (κ1) is 12.7. The Morgan fingerprint density at radius 2 is 2.05 bits per heavy atom. The van der Waals surface area contributed by atoms with Gasteiger partial charge in [0.25, 0.3) is 0 Å². The normalized spacial score (nSPS) is 10.0.